The average molecular weight is 381 g/mol. The maximum Gasteiger partial charge on any atom is 0.270 e. The molecule has 0 fully saturated rings. The summed E-state index contributed by atoms with van der Waals surface area (Å²) >= 11 is 0. The van der Waals surface area contributed by atoms with Gasteiger partial charge in [0.15, 0.2) is 6.61 Å². The zero-order valence-corrected chi connectivity index (χ0v) is 16.2. The van der Waals surface area contributed by atoms with Crippen molar-refractivity contribution >= 4 is 23.5 Å². The number of carbonyl (C=O) groups excluding carboxylic acids is 1. The zero-order valence-electron chi connectivity index (χ0n) is 16.2. The van der Waals surface area contributed by atoms with Crippen molar-refractivity contribution in [2.45, 2.75) is 26.2 Å². The molecule has 0 saturated carbocycles. The van der Waals surface area contributed by atoms with Crippen molar-refractivity contribution in [1.29, 1.82) is 0 Å². The predicted octanol–water partition coefficient (Wildman–Crippen LogP) is 3.74. The van der Waals surface area contributed by atoms with E-state index in [-0.39, 0.29) is 23.6 Å². The number of carbonyl (C=O) groups is 1. The lowest BCUT2D eigenvalue weighted by molar-refractivity contribution is -0.384. The van der Waals surface area contributed by atoms with Crippen molar-refractivity contribution in [2.24, 2.45) is 4.99 Å². The molecular formula is C21H23N3O4. The minimum Gasteiger partial charge on any atom is -0.484 e. The predicted molar refractivity (Wildman–Crippen MR) is 109 cm³/mol. The topological polar surface area (TPSA) is 85.0 Å². The van der Waals surface area contributed by atoms with Crippen LogP contribution >= 0.6 is 0 Å². The minimum absolute atomic E-state index is 0.0327. The lowest BCUT2D eigenvalue weighted by atomic mass is 9.87. The fourth-order valence-corrected chi connectivity index (χ4v) is 2.98. The molecule has 0 saturated heterocycles. The summed E-state index contributed by atoms with van der Waals surface area (Å²) in [4.78, 5) is 29.1. The Morgan fingerprint density at radius 2 is 1.93 bits per heavy atom. The molecule has 7 heteroatoms. The molecule has 0 radical (unpaired) electrons. The summed E-state index contributed by atoms with van der Waals surface area (Å²) in [5.41, 5.74) is 2.35. The molecule has 146 valence electrons. The Morgan fingerprint density at radius 1 is 1.21 bits per heavy atom. The first-order valence-electron chi connectivity index (χ1n) is 9.08. The van der Waals surface area contributed by atoms with E-state index in [9.17, 15) is 14.9 Å². The number of amides is 1. The summed E-state index contributed by atoms with van der Waals surface area (Å²) in [6.07, 6.45) is 1.57. The Kier molecular flexibility index (Phi) is 5.44. The van der Waals surface area contributed by atoms with Gasteiger partial charge in [-0.3, -0.25) is 19.9 Å². The molecule has 7 nitrogen and oxygen atoms in total. The third kappa shape index (κ3) is 4.36. The van der Waals surface area contributed by atoms with Crippen LogP contribution in [0.15, 0.2) is 47.5 Å². The van der Waals surface area contributed by atoms with Gasteiger partial charge in [0, 0.05) is 30.5 Å². The fraction of sp³-hybridized carbons (Fsp3) is 0.333. The van der Waals surface area contributed by atoms with Crippen LogP contribution < -0.4 is 9.64 Å². The van der Waals surface area contributed by atoms with Crippen molar-refractivity contribution in [3.8, 4) is 5.75 Å². The van der Waals surface area contributed by atoms with E-state index in [1.165, 1.54) is 17.7 Å². The standard InChI is InChI=1S/C21H23N3O4/c1-21(2,3)16-4-7-18(8-5-16)28-14-20(25)23-11-10-22-13-15-12-17(24(26)27)6-9-19(15)23/h4-9,12-13H,10-11,14H2,1-3H3. The number of anilines is 1. The number of nitrogens with zero attached hydrogens (tertiary/aromatic N) is 3. The van der Waals surface area contributed by atoms with Crippen LogP contribution in [0.3, 0.4) is 0 Å². The Balaban J connectivity index is 1.72. The smallest absolute Gasteiger partial charge is 0.270 e. The van der Waals surface area contributed by atoms with E-state index >= 15 is 0 Å². The molecule has 0 unspecified atom stereocenters. The van der Waals surface area contributed by atoms with Gasteiger partial charge in [0.25, 0.3) is 11.6 Å². The number of aliphatic imine (C=N–C) groups is 1. The number of rotatable bonds is 4. The van der Waals surface area contributed by atoms with Crippen LogP contribution in [0.2, 0.25) is 0 Å². The molecule has 0 atom stereocenters. The van der Waals surface area contributed by atoms with Gasteiger partial charge in [0.2, 0.25) is 0 Å². The monoisotopic (exact) mass is 381 g/mol. The van der Waals surface area contributed by atoms with Gasteiger partial charge in [-0.15, -0.1) is 0 Å². The minimum atomic E-state index is -0.463. The first-order valence-corrected chi connectivity index (χ1v) is 9.08. The number of benzene rings is 2. The highest BCUT2D eigenvalue weighted by Gasteiger charge is 2.22. The zero-order chi connectivity index (χ0) is 20.3. The van der Waals surface area contributed by atoms with Crippen molar-refractivity contribution in [1.82, 2.24) is 0 Å². The van der Waals surface area contributed by atoms with E-state index in [0.29, 0.717) is 30.1 Å². The van der Waals surface area contributed by atoms with Gasteiger partial charge in [-0.05, 0) is 29.2 Å². The third-order valence-electron chi connectivity index (χ3n) is 4.58. The summed E-state index contributed by atoms with van der Waals surface area (Å²) in [5.74, 6) is 0.400. The van der Waals surface area contributed by atoms with E-state index in [1.54, 1.807) is 17.2 Å². The van der Waals surface area contributed by atoms with E-state index in [2.05, 4.69) is 25.8 Å². The van der Waals surface area contributed by atoms with Crippen LogP contribution in [0, 0.1) is 10.1 Å². The van der Waals surface area contributed by atoms with E-state index in [0.717, 1.165) is 0 Å². The molecule has 0 N–H and O–H groups in total. The maximum absolute atomic E-state index is 12.7. The van der Waals surface area contributed by atoms with E-state index < -0.39 is 4.92 Å². The molecule has 2 aromatic carbocycles. The SMILES string of the molecule is CC(C)(C)c1ccc(OCC(=O)N2CCN=Cc3cc([N+](=O)[O-])ccc32)cc1. The third-order valence-corrected chi connectivity index (χ3v) is 4.58. The van der Waals surface area contributed by atoms with Gasteiger partial charge in [-0.25, -0.2) is 0 Å². The molecule has 1 aliphatic heterocycles. The number of ether oxygens (including phenoxy) is 1. The number of hydrogen-bond acceptors (Lipinski definition) is 5. The summed E-state index contributed by atoms with van der Waals surface area (Å²) < 4.78 is 5.67. The average Bonchev–Trinajstić information content (AvgIpc) is 2.87. The lowest BCUT2D eigenvalue weighted by Gasteiger charge is -2.22. The second kappa shape index (κ2) is 7.80. The highest BCUT2D eigenvalue weighted by Crippen LogP contribution is 2.27. The summed E-state index contributed by atoms with van der Waals surface area (Å²) in [6, 6.07) is 12.1. The summed E-state index contributed by atoms with van der Waals surface area (Å²) in [5, 5.41) is 11.0. The van der Waals surface area contributed by atoms with Crippen molar-refractivity contribution in [3.05, 3.63) is 63.7 Å². The molecule has 1 aliphatic rings. The number of hydrogen-bond donors (Lipinski definition) is 0. The molecule has 2 aromatic rings. The fourth-order valence-electron chi connectivity index (χ4n) is 2.98. The van der Waals surface area contributed by atoms with Crippen LogP contribution in [0.5, 0.6) is 5.75 Å². The van der Waals surface area contributed by atoms with Gasteiger partial charge in [-0.2, -0.15) is 0 Å². The maximum atomic E-state index is 12.7. The second-order valence-corrected chi connectivity index (χ2v) is 7.64. The highest BCUT2D eigenvalue weighted by molar-refractivity contribution is 6.01. The van der Waals surface area contributed by atoms with Crippen LogP contribution in [-0.2, 0) is 10.2 Å². The van der Waals surface area contributed by atoms with Gasteiger partial charge >= 0.3 is 0 Å². The van der Waals surface area contributed by atoms with E-state index in [1.807, 2.05) is 24.3 Å². The largest absolute Gasteiger partial charge is 0.484 e. The number of fused-ring (bicyclic) bond motifs is 1. The first kappa shape index (κ1) is 19.5. The number of non-ortho nitro benzene ring substituents is 1. The number of benzodiazepines with no additional fused rings is 1. The van der Waals surface area contributed by atoms with Crippen molar-refractivity contribution in [3.63, 3.8) is 0 Å². The van der Waals surface area contributed by atoms with Gasteiger partial charge in [0.1, 0.15) is 5.75 Å². The highest BCUT2D eigenvalue weighted by atomic mass is 16.6. The Hall–Kier alpha value is -3.22. The van der Waals surface area contributed by atoms with Gasteiger partial charge in [-0.1, -0.05) is 32.9 Å². The second-order valence-electron chi connectivity index (χ2n) is 7.64. The number of nitro groups is 1. The summed E-state index contributed by atoms with van der Waals surface area (Å²) in [7, 11) is 0. The molecule has 28 heavy (non-hydrogen) atoms. The van der Waals surface area contributed by atoms with Crippen molar-refractivity contribution < 1.29 is 14.5 Å². The lowest BCUT2D eigenvalue weighted by Crippen LogP contribution is -2.36. The molecule has 0 aliphatic carbocycles. The molecule has 0 bridgehead atoms. The Morgan fingerprint density at radius 3 is 2.57 bits per heavy atom. The van der Waals surface area contributed by atoms with Crippen molar-refractivity contribution in [2.75, 3.05) is 24.6 Å². The van der Waals surface area contributed by atoms with Crippen LogP contribution in [0.4, 0.5) is 11.4 Å². The molecule has 0 spiro atoms. The quantitative estimate of drug-likeness (QED) is 0.596. The van der Waals surface area contributed by atoms with Gasteiger partial charge in [0.05, 0.1) is 17.2 Å². The molecule has 3 rings (SSSR count). The van der Waals surface area contributed by atoms with Gasteiger partial charge < -0.3 is 9.64 Å². The summed E-state index contributed by atoms with van der Waals surface area (Å²) in [6.45, 7) is 7.10. The molecular weight excluding hydrogens is 358 g/mol. The Bertz CT molecular complexity index is 914. The number of nitro benzene ring substituents is 1. The normalized spacial score (nSPS) is 13.6. The molecule has 1 amide bonds. The van der Waals surface area contributed by atoms with E-state index in [4.69, 9.17) is 4.74 Å². The first-order chi connectivity index (χ1) is 13.3. The molecule has 1 heterocycles. The molecule has 0 aromatic heterocycles. The van der Waals surface area contributed by atoms with Crippen LogP contribution in [0.25, 0.3) is 0 Å². The Labute approximate surface area is 163 Å². The van der Waals surface area contributed by atoms with Crippen LogP contribution in [-0.4, -0.2) is 36.7 Å². The van der Waals surface area contributed by atoms with Crippen LogP contribution in [0.1, 0.15) is 31.9 Å².